The van der Waals surface area contributed by atoms with Gasteiger partial charge in [0.1, 0.15) is 11.6 Å². The maximum absolute atomic E-state index is 4.48. The van der Waals surface area contributed by atoms with Crippen molar-refractivity contribution >= 4 is 23.3 Å². The highest BCUT2D eigenvalue weighted by Crippen LogP contribution is 2.21. The fraction of sp³-hybridized carbons (Fsp3) is 0.188. The van der Waals surface area contributed by atoms with Crippen LogP contribution in [0.3, 0.4) is 0 Å². The molecule has 3 aromatic rings. The molecule has 2 aromatic heterocycles. The van der Waals surface area contributed by atoms with Crippen LogP contribution in [0.25, 0.3) is 0 Å². The van der Waals surface area contributed by atoms with Crippen molar-refractivity contribution in [1.82, 2.24) is 19.7 Å². The van der Waals surface area contributed by atoms with Gasteiger partial charge >= 0.3 is 0 Å². The smallest absolute Gasteiger partial charge is 0.229 e. The molecule has 2 N–H and O–H groups in total. The maximum atomic E-state index is 4.48. The van der Waals surface area contributed by atoms with Gasteiger partial charge in [-0.2, -0.15) is 10.1 Å². The van der Waals surface area contributed by atoms with Crippen molar-refractivity contribution in [3.05, 3.63) is 53.9 Å². The Morgan fingerprint density at radius 1 is 1.00 bits per heavy atom. The van der Waals surface area contributed by atoms with Crippen LogP contribution < -0.4 is 10.6 Å². The molecule has 0 atom stereocenters. The number of nitrogens with zero attached hydrogens (tertiary/aromatic N) is 4. The predicted octanol–water partition coefficient (Wildman–Crippen LogP) is 3.31. The van der Waals surface area contributed by atoms with E-state index < -0.39 is 0 Å². The Hall–Kier alpha value is -2.89. The Balaban J connectivity index is 1.82. The predicted molar refractivity (Wildman–Crippen MR) is 87.7 cm³/mol. The van der Waals surface area contributed by atoms with E-state index >= 15 is 0 Å². The first kappa shape index (κ1) is 14.1. The normalized spacial score (nSPS) is 10.5. The SMILES string of the molecule is Cc1nn(C)c(Nc2ccnc(Nc3ccccc3)n2)c1C. The third-order valence-corrected chi connectivity index (χ3v) is 3.45. The summed E-state index contributed by atoms with van der Waals surface area (Å²) in [6.45, 7) is 4.03. The van der Waals surface area contributed by atoms with Gasteiger partial charge in [0.05, 0.1) is 5.69 Å². The molecule has 0 saturated heterocycles. The molecule has 1 aromatic carbocycles. The molecule has 0 saturated carbocycles. The van der Waals surface area contributed by atoms with Crippen LogP contribution >= 0.6 is 0 Å². The number of anilines is 4. The van der Waals surface area contributed by atoms with Crippen molar-refractivity contribution in [2.24, 2.45) is 7.05 Å². The zero-order chi connectivity index (χ0) is 15.5. The fourth-order valence-electron chi connectivity index (χ4n) is 2.20. The van der Waals surface area contributed by atoms with Gasteiger partial charge in [-0.15, -0.1) is 0 Å². The van der Waals surface area contributed by atoms with E-state index in [2.05, 4.69) is 25.7 Å². The molecule has 2 heterocycles. The first-order valence-electron chi connectivity index (χ1n) is 7.06. The lowest BCUT2D eigenvalue weighted by Gasteiger charge is -2.09. The molecule has 3 rings (SSSR count). The molecular weight excluding hydrogens is 276 g/mol. The highest BCUT2D eigenvalue weighted by atomic mass is 15.3. The third kappa shape index (κ3) is 2.90. The summed E-state index contributed by atoms with van der Waals surface area (Å²) in [4.78, 5) is 8.72. The van der Waals surface area contributed by atoms with Gasteiger partial charge in [0.2, 0.25) is 5.95 Å². The minimum atomic E-state index is 0.549. The average molecular weight is 294 g/mol. The van der Waals surface area contributed by atoms with Gasteiger partial charge in [0.15, 0.2) is 0 Å². The van der Waals surface area contributed by atoms with Crippen LogP contribution in [-0.2, 0) is 7.05 Å². The monoisotopic (exact) mass is 294 g/mol. The number of para-hydroxylation sites is 1. The molecular formula is C16H18N6. The molecule has 0 amide bonds. The highest BCUT2D eigenvalue weighted by molar-refractivity contribution is 5.60. The van der Waals surface area contributed by atoms with Gasteiger partial charge in [-0.1, -0.05) is 18.2 Å². The van der Waals surface area contributed by atoms with Gasteiger partial charge in [-0.05, 0) is 32.0 Å². The number of aromatic nitrogens is 4. The summed E-state index contributed by atoms with van der Waals surface area (Å²) >= 11 is 0. The zero-order valence-electron chi connectivity index (χ0n) is 12.8. The number of hydrogen-bond donors (Lipinski definition) is 2. The van der Waals surface area contributed by atoms with E-state index in [4.69, 9.17) is 0 Å². The van der Waals surface area contributed by atoms with Crippen LogP contribution in [-0.4, -0.2) is 19.7 Å². The largest absolute Gasteiger partial charge is 0.325 e. The topological polar surface area (TPSA) is 67.7 Å². The van der Waals surface area contributed by atoms with E-state index in [0.717, 1.165) is 28.6 Å². The lowest BCUT2D eigenvalue weighted by molar-refractivity contribution is 0.764. The van der Waals surface area contributed by atoms with Crippen molar-refractivity contribution in [2.75, 3.05) is 10.6 Å². The Bertz CT molecular complexity index is 779. The van der Waals surface area contributed by atoms with Crippen LogP contribution in [0.15, 0.2) is 42.6 Å². The van der Waals surface area contributed by atoms with Crippen LogP contribution in [0.5, 0.6) is 0 Å². The molecule has 0 unspecified atom stereocenters. The Morgan fingerprint density at radius 2 is 1.77 bits per heavy atom. The van der Waals surface area contributed by atoms with E-state index in [1.54, 1.807) is 6.20 Å². The second kappa shape index (κ2) is 5.85. The van der Waals surface area contributed by atoms with E-state index in [-0.39, 0.29) is 0 Å². The van der Waals surface area contributed by atoms with Gasteiger partial charge < -0.3 is 10.6 Å². The standard InChI is InChI=1S/C16H18N6/c1-11-12(2)21-22(3)15(11)19-14-9-10-17-16(20-14)18-13-7-5-4-6-8-13/h4-10H,1-3H3,(H2,17,18,19,20). The minimum absolute atomic E-state index is 0.549. The number of aryl methyl sites for hydroxylation is 2. The quantitative estimate of drug-likeness (QED) is 0.772. The number of rotatable bonds is 4. The Kier molecular flexibility index (Phi) is 3.74. The first-order valence-corrected chi connectivity index (χ1v) is 7.06. The summed E-state index contributed by atoms with van der Waals surface area (Å²) in [7, 11) is 1.91. The molecule has 6 heteroatoms. The molecule has 22 heavy (non-hydrogen) atoms. The van der Waals surface area contributed by atoms with E-state index in [1.165, 1.54) is 0 Å². The maximum Gasteiger partial charge on any atom is 0.229 e. The fourth-order valence-corrected chi connectivity index (χ4v) is 2.20. The molecule has 0 fully saturated rings. The van der Waals surface area contributed by atoms with Crippen molar-refractivity contribution in [3.63, 3.8) is 0 Å². The van der Waals surface area contributed by atoms with E-state index in [9.17, 15) is 0 Å². The summed E-state index contributed by atoms with van der Waals surface area (Å²) in [5.74, 6) is 2.20. The molecule has 0 spiro atoms. The molecule has 0 aliphatic heterocycles. The van der Waals surface area contributed by atoms with Gasteiger partial charge in [-0.25, -0.2) is 4.98 Å². The number of hydrogen-bond acceptors (Lipinski definition) is 5. The second-order valence-corrected chi connectivity index (χ2v) is 5.06. The van der Waals surface area contributed by atoms with Crippen LogP contribution in [0, 0.1) is 13.8 Å². The number of nitrogens with one attached hydrogen (secondary N) is 2. The van der Waals surface area contributed by atoms with Gasteiger partial charge in [-0.3, -0.25) is 4.68 Å². The summed E-state index contributed by atoms with van der Waals surface area (Å²) in [5.41, 5.74) is 3.06. The average Bonchev–Trinajstić information content (AvgIpc) is 2.75. The summed E-state index contributed by atoms with van der Waals surface area (Å²) < 4.78 is 1.82. The van der Waals surface area contributed by atoms with Gasteiger partial charge in [0, 0.05) is 24.5 Å². The third-order valence-electron chi connectivity index (χ3n) is 3.45. The summed E-state index contributed by atoms with van der Waals surface area (Å²) in [6, 6.07) is 11.7. The zero-order valence-corrected chi connectivity index (χ0v) is 12.8. The summed E-state index contributed by atoms with van der Waals surface area (Å²) in [6.07, 6.45) is 1.72. The van der Waals surface area contributed by atoms with Crippen LogP contribution in [0.4, 0.5) is 23.3 Å². The van der Waals surface area contributed by atoms with Gasteiger partial charge in [0.25, 0.3) is 0 Å². The van der Waals surface area contributed by atoms with Crippen molar-refractivity contribution in [3.8, 4) is 0 Å². The Labute approximate surface area is 129 Å². The molecule has 0 aliphatic rings. The molecule has 0 bridgehead atoms. The molecule has 6 nitrogen and oxygen atoms in total. The minimum Gasteiger partial charge on any atom is -0.325 e. The number of benzene rings is 1. The van der Waals surface area contributed by atoms with Crippen molar-refractivity contribution < 1.29 is 0 Å². The summed E-state index contributed by atoms with van der Waals surface area (Å²) in [5, 5.41) is 10.9. The highest BCUT2D eigenvalue weighted by Gasteiger charge is 2.10. The second-order valence-electron chi connectivity index (χ2n) is 5.06. The van der Waals surface area contributed by atoms with Crippen molar-refractivity contribution in [2.45, 2.75) is 13.8 Å². The van der Waals surface area contributed by atoms with Crippen LogP contribution in [0.2, 0.25) is 0 Å². The first-order chi connectivity index (χ1) is 10.6. The van der Waals surface area contributed by atoms with E-state index in [1.807, 2.05) is 62.0 Å². The van der Waals surface area contributed by atoms with E-state index in [0.29, 0.717) is 5.95 Å². The molecule has 112 valence electrons. The molecule has 0 aliphatic carbocycles. The lowest BCUT2D eigenvalue weighted by Crippen LogP contribution is -2.04. The lowest BCUT2D eigenvalue weighted by atomic mass is 10.3. The Morgan fingerprint density at radius 3 is 2.45 bits per heavy atom. The van der Waals surface area contributed by atoms with Crippen molar-refractivity contribution in [1.29, 1.82) is 0 Å². The van der Waals surface area contributed by atoms with Crippen LogP contribution in [0.1, 0.15) is 11.3 Å². The molecule has 0 radical (unpaired) electrons.